The van der Waals surface area contributed by atoms with Gasteiger partial charge >= 0.3 is 0 Å². The number of nitro benzene ring substituents is 1. The van der Waals surface area contributed by atoms with Crippen molar-refractivity contribution in [3.63, 3.8) is 0 Å². The van der Waals surface area contributed by atoms with Crippen LogP contribution in [-0.2, 0) is 4.79 Å². The van der Waals surface area contributed by atoms with Crippen LogP contribution >= 0.6 is 23.2 Å². The number of carbonyl (C=O) groups is 1. The van der Waals surface area contributed by atoms with E-state index in [0.29, 0.717) is 27.1 Å². The van der Waals surface area contributed by atoms with Gasteiger partial charge < -0.3 is 9.73 Å². The largest absolute Gasteiger partial charge is 0.457 e. The normalized spacial score (nSPS) is 11.0. The Morgan fingerprint density at radius 1 is 1.10 bits per heavy atom. The molecule has 0 spiro atoms. The lowest BCUT2D eigenvalue weighted by molar-refractivity contribution is -0.384. The first-order valence-electron chi connectivity index (χ1n) is 8.09. The van der Waals surface area contributed by atoms with E-state index in [0.717, 1.165) is 0 Å². The molecule has 0 fully saturated rings. The van der Waals surface area contributed by atoms with Crippen molar-refractivity contribution in [2.75, 3.05) is 5.32 Å². The highest BCUT2D eigenvalue weighted by molar-refractivity contribution is 6.35. The average molecular weight is 428 g/mol. The molecule has 1 heterocycles. The molecule has 0 aliphatic rings. The van der Waals surface area contributed by atoms with Gasteiger partial charge in [-0.3, -0.25) is 14.9 Å². The lowest BCUT2D eigenvalue weighted by Crippen LogP contribution is -2.13. The first-order valence-corrected chi connectivity index (χ1v) is 8.85. The van der Waals surface area contributed by atoms with Crippen LogP contribution in [-0.4, -0.2) is 10.8 Å². The van der Waals surface area contributed by atoms with Crippen LogP contribution in [0.15, 0.2) is 64.6 Å². The highest BCUT2D eigenvalue weighted by Gasteiger charge is 2.13. The van der Waals surface area contributed by atoms with E-state index in [1.165, 1.54) is 36.4 Å². The number of hydrogen-bond donors (Lipinski definition) is 1. The molecule has 29 heavy (non-hydrogen) atoms. The molecule has 0 saturated carbocycles. The SMILES string of the molecule is N#CC(=Cc1ccc(-c2ccc([N+](=O)[O-])cc2)o1)C(=O)Nc1cc(Cl)cc(Cl)c1. The van der Waals surface area contributed by atoms with E-state index in [2.05, 4.69) is 5.32 Å². The molecule has 0 atom stereocenters. The fourth-order valence-electron chi connectivity index (χ4n) is 2.45. The van der Waals surface area contributed by atoms with E-state index in [1.54, 1.807) is 24.3 Å². The molecule has 144 valence electrons. The fourth-order valence-corrected chi connectivity index (χ4v) is 2.97. The zero-order chi connectivity index (χ0) is 21.0. The van der Waals surface area contributed by atoms with Gasteiger partial charge in [-0.2, -0.15) is 5.26 Å². The number of anilines is 1. The van der Waals surface area contributed by atoms with Gasteiger partial charge in [-0.05, 0) is 42.5 Å². The number of nitrogens with one attached hydrogen (secondary N) is 1. The van der Waals surface area contributed by atoms with E-state index in [4.69, 9.17) is 27.6 Å². The minimum atomic E-state index is -0.654. The van der Waals surface area contributed by atoms with E-state index in [9.17, 15) is 20.2 Å². The minimum Gasteiger partial charge on any atom is -0.457 e. The number of non-ortho nitro benzene ring substituents is 1. The highest BCUT2D eigenvalue weighted by Crippen LogP contribution is 2.26. The van der Waals surface area contributed by atoms with Gasteiger partial charge in [0.1, 0.15) is 23.2 Å². The molecule has 3 rings (SSSR count). The van der Waals surface area contributed by atoms with Crippen molar-refractivity contribution >= 4 is 46.6 Å². The number of carbonyl (C=O) groups excluding carboxylic acids is 1. The van der Waals surface area contributed by atoms with Crippen molar-refractivity contribution in [2.45, 2.75) is 0 Å². The Bertz CT molecular complexity index is 1140. The van der Waals surface area contributed by atoms with Crippen molar-refractivity contribution in [3.8, 4) is 17.4 Å². The zero-order valence-electron chi connectivity index (χ0n) is 14.6. The molecule has 0 radical (unpaired) electrons. The van der Waals surface area contributed by atoms with Crippen LogP contribution in [0.5, 0.6) is 0 Å². The van der Waals surface area contributed by atoms with Crippen LogP contribution in [0.1, 0.15) is 5.76 Å². The zero-order valence-corrected chi connectivity index (χ0v) is 16.1. The van der Waals surface area contributed by atoms with Gasteiger partial charge in [-0.1, -0.05) is 23.2 Å². The van der Waals surface area contributed by atoms with Gasteiger partial charge in [0.25, 0.3) is 11.6 Å². The topological polar surface area (TPSA) is 109 Å². The number of rotatable bonds is 5. The molecule has 9 heteroatoms. The lowest BCUT2D eigenvalue weighted by atomic mass is 10.1. The molecule has 1 amide bonds. The number of furan rings is 1. The molecule has 2 aromatic carbocycles. The quantitative estimate of drug-likeness (QED) is 0.242. The van der Waals surface area contributed by atoms with Crippen molar-refractivity contribution in [3.05, 3.63) is 86.1 Å². The standard InChI is InChI=1S/C20H11Cl2N3O4/c21-14-8-15(22)10-16(9-14)24-20(26)13(11-23)7-18-5-6-19(29-18)12-1-3-17(4-2-12)25(27)28/h1-10H,(H,24,26). The molecule has 0 aliphatic heterocycles. The first kappa shape index (κ1) is 20.1. The summed E-state index contributed by atoms with van der Waals surface area (Å²) in [6.45, 7) is 0. The summed E-state index contributed by atoms with van der Waals surface area (Å²) in [6.07, 6.45) is 1.29. The highest BCUT2D eigenvalue weighted by atomic mass is 35.5. The van der Waals surface area contributed by atoms with Gasteiger partial charge in [-0.15, -0.1) is 0 Å². The van der Waals surface area contributed by atoms with Crippen LogP contribution in [0, 0.1) is 21.4 Å². The third-order valence-electron chi connectivity index (χ3n) is 3.76. The number of nitriles is 1. The predicted molar refractivity (Wildman–Crippen MR) is 109 cm³/mol. The first-order chi connectivity index (χ1) is 13.9. The summed E-state index contributed by atoms with van der Waals surface area (Å²) < 4.78 is 5.62. The maximum Gasteiger partial charge on any atom is 0.269 e. The number of benzene rings is 2. The molecular weight excluding hydrogens is 417 g/mol. The maximum atomic E-state index is 12.4. The summed E-state index contributed by atoms with van der Waals surface area (Å²) in [6, 6.07) is 15.4. The molecule has 3 aromatic rings. The lowest BCUT2D eigenvalue weighted by Gasteiger charge is -2.05. The van der Waals surface area contributed by atoms with Gasteiger partial charge in [-0.25, -0.2) is 0 Å². The Morgan fingerprint density at radius 3 is 2.34 bits per heavy atom. The van der Waals surface area contributed by atoms with Crippen molar-refractivity contribution in [1.29, 1.82) is 5.26 Å². The number of amides is 1. The molecule has 7 nitrogen and oxygen atoms in total. The Morgan fingerprint density at radius 2 is 1.76 bits per heavy atom. The molecular formula is C20H11Cl2N3O4. The van der Waals surface area contributed by atoms with E-state index in [1.807, 2.05) is 6.07 Å². The Balaban J connectivity index is 1.80. The summed E-state index contributed by atoms with van der Waals surface area (Å²) >= 11 is 11.8. The van der Waals surface area contributed by atoms with Crippen molar-refractivity contribution < 1.29 is 14.1 Å². The molecule has 0 bridgehead atoms. The number of hydrogen-bond acceptors (Lipinski definition) is 5. The van der Waals surface area contributed by atoms with Crippen LogP contribution in [0.3, 0.4) is 0 Å². The summed E-state index contributed by atoms with van der Waals surface area (Å²) in [5, 5.41) is 23.3. The second-order valence-electron chi connectivity index (χ2n) is 5.79. The van der Waals surface area contributed by atoms with Gasteiger partial charge in [0.05, 0.1) is 4.92 Å². The van der Waals surface area contributed by atoms with E-state index in [-0.39, 0.29) is 17.0 Å². The summed E-state index contributed by atoms with van der Waals surface area (Å²) in [4.78, 5) is 22.6. The number of halogens is 2. The van der Waals surface area contributed by atoms with Crippen molar-refractivity contribution in [2.24, 2.45) is 0 Å². The molecule has 1 aromatic heterocycles. The van der Waals surface area contributed by atoms with Crippen LogP contribution in [0.4, 0.5) is 11.4 Å². The number of nitro groups is 1. The average Bonchev–Trinajstić information content (AvgIpc) is 3.14. The summed E-state index contributed by atoms with van der Waals surface area (Å²) in [7, 11) is 0. The molecule has 1 N–H and O–H groups in total. The Kier molecular flexibility index (Phi) is 5.98. The number of nitrogens with zero attached hydrogens (tertiary/aromatic N) is 2. The second-order valence-corrected chi connectivity index (χ2v) is 6.66. The molecule has 0 saturated heterocycles. The third-order valence-corrected chi connectivity index (χ3v) is 4.20. The third kappa shape index (κ3) is 5.02. The Hall–Kier alpha value is -3.60. The maximum absolute atomic E-state index is 12.4. The van der Waals surface area contributed by atoms with E-state index < -0.39 is 10.8 Å². The minimum absolute atomic E-state index is 0.0371. The van der Waals surface area contributed by atoms with Crippen LogP contribution in [0.25, 0.3) is 17.4 Å². The summed E-state index contributed by atoms with van der Waals surface area (Å²) in [5.41, 5.74) is 0.738. The van der Waals surface area contributed by atoms with Gasteiger partial charge in [0, 0.05) is 39.5 Å². The monoisotopic (exact) mass is 427 g/mol. The van der Waals surface area contributed by atoms with E-state index >= 15 is 0 Å². The van der Waals surface area contributed by atoms with Gasteiger partial charge in [0.15, 0.2) is 0 Å². The second kappa shape index (κ2) is 8.61. The van der Waals surface area contributed by atoms with Gasteiger partial charge in [0.2, 0.25) is 0 Å². The van der Waals surface area contributed by atoms with Crippen LogP contribution < -0.4 is 5.32 Å². The molecule has 0 unspecified atom stereocenters. The fraction of sp³-hybridized carbons (Fsp3) is 0. The van der Waals surface area contributed by atoms with Crippen LogP contribution in [0.2, 0.25) is 10.0 Å². The van der Waals surface area contributed by atoms with Crippen molar-refractivity contribution in [1.82, 2.24) is 0 Å². The summed E-state index contributed by atoms with van der Waals surface area (Å²) in [5.74, 6) is 0.0544. The molecule has 0 aliphatic carbocycles. The Labute approximate surface area is 174 Å². The predicted octanol–water partition coefficient (Wildman–Crippen LogP) is 5.71. The smallest absolute Gasteiger partial charge is 0.269 e.